The van der Waals surface area contributed by atoms with Crippen LogP contribution in [-0.4, -0.2) is 33.0 Å². The fraction of sp³-hybridized carbons (Fsp3) is 0.364. The number of H-pyrrole nitrogens is 1. The first-order valence-corrected chi connectivity index (χ1v) is 9.55. The van der Waals surface area contributed by atoms with E-state index in [1.165, 1.54) is 5.56 Å². The molecule has 1 aliphatic heterocycles. The van der Waals surface area contributed by atoms with Crippen LogP contribution < -0.4 is 5.32 Å². The number of hydrogen-bond acceptors (Lipinski definition) is 2. The molecular formula is C22H26N4O. The van der Waals surface area contributed by atoms with Gasteiger partial charge >= 0.3 is 6.03 Å². The third kappa shape index (κ3) is 3.68. The van der Waals surface area contributed by atoms with Crippen LogP contribution in [0.1, 0.15) is 45.5 Å². The van der Waals surface area contributed by atoms with Crippen molar-refractivity contribution >= 4 is 17.1 Å². The molecule has 1 saturated heterocycles. The molecule has 1 aliphatic rings. The Labute approximate surface area is 159 Å². The highest BCUT2D eigenvalue weighted by atomic mass is 16.2. The van der Waals surface area contributed by atoms with Gasteiger partial charge in [0.05, 0.1) is 17.1 Å². The molecule has 2 amide bonds. The lowest BCUT2D eigenvalue weighted by molar-refractivity contribution is 0.182. The lowest BCUT2D eigenvalue weighted by atomic mass is 10.1. The van der Waals surface area contributed by atoms with E-state index in [0.717, 1.165) is 41.8 Å². The van der Waals surface area contributed by atoms with Crippen molar-refractivity contribution < 1.29 is 4.79 Å². The van der Waals surface area contributed by atoms with Crippen LogP contribution in [0, 0.1) is 0 Å². The maximum Gasteiger partial charge on any atom is 0.318 e. The van der Waals surface area contributed by atoms with Gasteiger partial charge < -0.3 is 15.2 Å². The summed E-state index contributed by atoms with van der Waals surface area (Å²) in [5.74, 6) is 0.872. The van der Waals surface area contributed by atoms with E-state index in [0.29, 0.717) is 0 Å². The second-order valence-electron chi connectivity index (χ2n) is 8.25. The van der Waals surface area contributed by atoms with E-state index in [2.05, 4.69) is 34.6 Å². The largest absolute Gasteiger partial charge is 0.340 e. The minimum absolute atomic E-state index is 0.0000692. The molecule has 0 bridgehead atoms. The zero-order chi connectivity index (χ0) is 19.0. The standard InChI is InChI=1S/C22H26N4O/c1-22(2,3)25-21(27)26-13-7-10-19(26)20-23-17-12-11-16(14-18(17)24-20)15-8-5-4-6-9-15/h4-6,8-9,11-12,14,19H,7,10,13H2,1-3H3,(H,23,24)(H,25,27). The van der Waals surface area contributed by atoms with Crippen LogP contribution in [0.4, 0.5) is 4.79 Å². The number of imidazole rings is 1. The predicted molar refractivity (Wildman–Crippen MR) is 108 cm³/mol. The number of fused-ring (bicyclic) bond motifs is 1. The second kappa shape index (κ2) is 6.72. The molecule has 2 N–H and O–H groups in total. The van der Waals surface area contributed by atoms with Gasteiger partial charge in [0.25, 0.3) is 0 Å². The Morgan fingerprint density at radius 3 is 2.67 bits per heavy atom. The van der Waals surface area contributed by atoms with Crippen LogP contribution in [0.15, 0.2) is 48.5 Å². The Balaban J connectivity index is 1.62. The van der Waals surface area contributed by atoms with Crippen molar-refractivity contribution in [1.29, 1.82) is 0 Å². The molecule has 2 heterocycles. The van der Waals surface area contributed by atoms with Crippen LogP contribution in [0.25, 0.3) is 22.2 Å². The zero-order valence-corrected chi connectivity index (χ0v) is 16.1. The molecule has 1 fully saturated rings. The Morgan fingerprint density at radius 2 is 1.93 bits per heavy atom. The number of aromatic amines is 1. The van der Waals surface area contributed by atoms with Crippen LogP contribution >= 0.6 is 0 Å². The summed E-state index contributed by atoms with van der Waals surface area (Å²) in [5, 5.41) is 3.07. The number of urea groups is 1. The van der Waals surface area contributed by atoms with Crippen molar-refractivity contribution in [3.05, 3.63) is 54.4 Å². The van der Waals surface area contributed by atoms with Crippen molar-refractivity contribution in [3.8, 4) is 11.1 Å². The molecule has 5 nitrogen and oxygen atoms in total. The number of aromatic nitrogens is 2. The first-order chi connectivity index (χ1) is 12.9. The summed E-state index contributed by atoms with van der Waals surface area (Å²) in [4.78, 5) is 22.8. The number of nitrogens with one attached hydrogen (secondary N) is 2. The number of amides is 2. The fourth-order valence-corrected chi connectivity index (χ4v) is 3.68. The van der Waals surface area contributed by atoms with E-state index in [1.807, 2.05) is 49.9 Å². The van der Waals surface area contributed by atoms with Gasteiger partial charge in [-0.3, -0.25) is 0 Å². The monoisotopic (exact) mass is 362 g/mol. The van der Waals surface area contributed by atoms with Crippen molar-refractivity contribution in [2.75, 3.05) is 6.54 Å². The van der Waals surface area contributed by atoms with Gasteiger partial charge in [0.1, 0.15) is 5.82 Å². The number of nitrogens with zero attached hydrogens (tertiary/aromatic N) is 2. The molecule has 4 rings (SSSR count). The summed E-state index contributed by atoms with van der Waals surface area (Å²) in [6.45, 7) is 6.77. The quantitative estimate of drug-likeness (QED) is 0.683. The minimum Gasteiger partial charge on any atom is -0.340 e. The Kier molecular flexibility index (Phi) is 4.38. The van der Waals surface area contributed by atoms with E-state index in [1.54, 1.807) is 0 Å². The average Bonchev–Trinajstić information content (AvgIpc) is 3.27. The molecule has 27 heavy (non-hydrogen) atoms. The number of carbonyl (C=O) groups is 1. The number of hydrogen-bond donors (Lipinski definition) is 2. The summed E-state index contributed by atoms with van der Waals surface area (Å²) >= 11 is 0. The molecule has 140 valence electrons. The van der Waals surface area contributed by atoms with Gasteiger partial charge in [0, 0.05) is 12.1 Å². The Morgan fingerprint density at radius 1 is 1.15 bits per heavy atom. The highest BCUT2D eigenvalue weighted by Crippen LogP contribution is 2.32. The highest BCUT2D eigenvalue weighted by Gasteiger charge is 2.33. The first-order valence-electron chi connectivity index (χ1n) is 9.55. The Hall–Kier alpha value is -2.82. The van der Waals surface area contributed by atoms with Crippen molar-refractivity contribution in [3.63, 3.8) is 0 Å². The summed E-state index contributed by atoms with van der Waals surface area (Å²) in [6.07, 6.45) is 1.93. The minimum atomic E-state index is -0.247. The summed E-state index contributed by atoms with van der Waals surface area (Å²) in [6, 6.07) is 16.6. The second-order valence-corrected chi connectivity index (χ2v) is 8.25. The molecule has 3 aromatic rings. The fourth-order valence-electron chi connectivity index (χ4n) is 3.68. The maximum absolute atomic E-state index is 12.7. The number of rotatable bonds is 2. The van der Waals surface area contributed by atoms with Gasteiger partial charge in [-0.1, -0.05) is 36.4 Å². The van der Waals surface area contributed by atoms with Gasteiger partial charge in [0.15, 0.2) is 0 Å². The van der Waals surface area contributed by atoms with Gasteiger partial charge in [-0.15, -0.1) is 0 Å². The van der Waals surface area contributed by atoms with Gasteiger partial charge in [-0.25, -0.2) is 9.78 Å². The van der Waals surface area contributed by atoms with E-state index in [-0.39, 0.29) is 17.6 Å². The summed E-state index contributed by atoms with van der Waals surface area (Å²) in [7, 11) is 0. The molecule has 0 radical (unpaired) electrons. The van der Waals surface area contributed by atoms with Crippen LogP contribution in [-0.2, 0) is 0 Å². The maximum atomic E-state index is 12.7. The van der Waals surface area contributed by atoms with E-state index in [9.17, 15) is 4.79 Å². The first kappa shape index (κ1) is 17.6. The number of carbonyl (C=O) groups excluding carboxylic acids is 1. The van der Waals surface area contributed by atoms with Crippen LogP contribution in [0.5, 0.6) is 0 Å². The number of likely N-dealkylation sites (tertiary alicyclic amines) is 1. The smallest absolute Gasteiger partial charge is 0.318 e. The van der Waals surface area contributed by atoms with E-state index >= 15 is 0 Å². The predicted octanol–water partition coefficient (Wildman–Crippen LogP) is 4.87. The SMILES string of the molecule is CC(C)(C)NC(=O)N1CCCC1c1nc2ccc(-c3ccccc3)cc2[nH]1. The third-order valence-electron chi connectivity index (χ3n) is 4.92. The zero-order valence-electron chi connectivity index (χ0n) is 16.1. The number of benzene rings is 2. The van der Waals surface area contributed by atoms with Gasteiger partial charge in [-0.2, -0.15) is 0 Å². The van der Waals surface area contributed by atoms with Gasteiger partial charge in [-0.05, 0) is 56.9 Å². The third-order valence-corrected chi connectivity index (χ3v) is 4.92. The van der Waals surface area contributed by atoms with Crippen molar-refractivity contribution in [2.45, 2.75) is 45.2 Å². The molecule has 1 atom stereocenters. The molecule has 5 heteroatoms. The topological polar surface area (TPSA) is 61.0 Å². The summed E-state index contributed by atoms with van der Waals surface area (Å²) < 4.78 is 0. The molecule has 1 unspecified atom stereocenters. The van der Waals surface area contributed by atoms with Crippen LogP contribution in [0.3, 0.4) is 0 Å². The average molecular weight is 362 g/mol. The molecule has 2 aromatic carbocycles. The Bertz CT molecular complexity index is 955. The lowest BCUT2D eigenvalue weighted by Gasteiger charge is -2.28. The van der Waals surface area contributed by atoms with Crippen molar-refractivity contribution in [1.82, 2.24) is 20.2 Å². The molecule has 1 aromatic heterocycles. The van der Waals surface area contributed by atoms with Crippen molar-refractivity contribution in [2.24, 2.45) is 0 Å². The lowest BCUT2D eigenvalue weighted by Crippen LogP contribution is -2.48. The highest BCUT2D eigenvalue weighted by molar-refractivity contribution is 5.82. The van der Waals surface area contributed by atoms with E-state index < -0.39 is 0 Å². The normalized spacial score (nSPS) is 17.4. The molecule has 0 aliphatic carbocycles. The molecule has 0 saturated carbocycles. The van der Waals surface area contributed by atoms with Gasteiger partial charge in [0.2, 0.25) is 0 Å². The van der Waals surface area contributed by atoms with E-state index in [4.69, 9.17) is 4.98 Å². The molecule has 0 spiro atoms. The van der Waals surface area contributed by atoms with Crippen LogP contribution in [0.2, 0.25) is 0 Å². The summed E-state index contributed by atoms with van der Waals surface area (Å²) in [5.41, 5.74) is 4.04. The molecular weight excluding hydrogens is 336 g/mol.